The van der Waals surface area contributed by atoms with Crippen LogP contribution in [0.15, 0.2) is 10.6 Å². The topological polar surface area (TPSA) is 49.2 Å². The summed E-state index contributed by atoms with van der Waals surface area (Å²) in [4.78, 5) is 2.66. The summed E-state index contributed by atoms with van der Waals surface area (Å²) in [6, 6.07) is 0. The van der Waals surface area contributed by atoms with Crippen LogP contribution in [-0.4, -0.2) is 10.1 Å². The first-order valence-electron chi connectivity index (χ1n) is 1.66. The molecule has 0 amide bonds. The van der Waals surface area contributed by atoms with Gasteiger partial charge in [-0.3, -0.25) is 0 Å². The molecule has 0 aliphatic carbocycles. The van der Waals surface area contributed by atoms with Crippen molar-refractivity contribution in [2.45, 2.75) is 0 Å². The second-order valence-corrected chi connectivity index (χ2v) is 1.39. The average Bonchev–Trinajstić information content (AvgIpc) is 1.87. The van der Waals surface area contributed by atoms with Crippen molar-refractivity contribution in [3.05, 3.63) is 11.0 Å². The maximum absolute atomic E-state index is 8.39. The van der Waals surface area contributed by atoms with Crippen molar-refractivity contribution in [2.75, 3.05) is 0 Å². The van der Waals surface area contributed by atoms with Gasteiger partial charge in [-0.2, -0.15) is 0 Å². The standard InChI is InChI=1S/C3H3NO2S/c5-2-1-4-3(7)6-2/h1,5H,(H,4,7). The molecular formula is C3H3NO2S. The smallest absolute Gasteiger partial charge is 0.301 e. The highest BCUT2D eigenvalue weighted by Gasteiger charge is 1.85. The van der Waals surface area contributed by atoms with E-state index < -0.39 is 0 Å². The van der Waals surface area contributed by atoms with E-state index in [1.54, 1.807) is 0 Å². The van der Waals surface area contributed by atoms with E-state index >= 15 is 0 Å². The van der Waals surface area contributed by atoms with E-state index in [4.69, 9.17) is 5.11 Å². The summed E-state index contributed by atoms with van der Waals surface area (Å²) in [5, 5.41) is 8.39. The van der Waals surface area contributed by atoms with Gasteiger partial charge in [0.15, 0.2) is 0 Å². The lowest BCUT2D eigenvalue weighted by Gasteiger charge is -1.68. The van der Waals surface area contributed by atoms with E-state index in [0.717, 1.165) is 0 Å². The highest BCUT2D eigenvalue weighted by atomic mass is 32.1. The maximum Gasteiger partial charge on any atom is 0.301 e. The second-order valence-electron chi connectivity index (χ2n) is 1.02. The molecule has 0 aliphatic heterocycles. The molecule has 0 saturated heterocycles. The fourth-order valence-electron chi connectivity index (χ4n) is 0.275. The number of aromatic hydroxyl groups is 1. The average molecular weight is 117 g/mol. The molecular weight excluding hydrogens is 114 g/mol. The second kappa shape index (κ2) is 1.38. The Morgan fingerprint density at radius 2 is 2.57 bits per heavy atom. The SMILES string of the molecule is Oc1c[nH]c(=S)o1. The van der Waals surface area contributed by atoms with Crippen LogP contribution in [0, 0.1) is 4.84 Å². The molecule has 3 nitrogen and oxygen atoms in total. The van der Waals surface area contributed by atoms with Gasteiger partial charge in [0.1, 0.15) is 0 Å². The van der Waals surface area contributed by atoms with Crippen LogP contribution in [0.2, 0.25) is 0 Å². The molecule has 0 bridgehead atoms. The molecule has 0 saturated carbocycles. The van der Waals surface area contributed by atoms with E-state index in [1.165, 1.54) is 6.20 Å². The van der Waals surface area contributed by atoms with Crippen LogP contribution in [0.3, 0.4) is 0 Å². The van der Waals surface area contributed by atoms with E-state index in [-0.39, 0.29) is 10.8 Å². The predicted octanol–water partition coefficient (Wildman–Crippen LogP) is 1.04. The van der Waals surface area contributed by atoms with Crippen LogP contribution >= 0.6 is 12.2 Å². The first-order valence-corrected chi connectivity index (χ1v) is 2.07. The van der Waals surface area contributed by atoms with Gasteiger partial charge in [0.05, 0.1) is 6.20 Å². The van der Waals surface area contributed by atoms with Crippen molar-refractivity contribution in [1.82, 2.24) is 4.98 Å². The predicted molar refractivity (Wildman–Crippen MR) is 25.6 cm³/mol. The number of oxazole rings is 1. The first kappa shape index (κ1) is 4.39. The van der Waals surface area contributed by atoms with Crippen molar-refractivity contribution in [1.29, 1.82) is 0 Å². The minimum Gasteiger partial charge on any atom is -0.480 e. The van der Waals surface area contributed by atoms with Gasteiger partial charge < -0.3 is 14.5 Å². The van der Waals surface area contributed by atoms with Crippen LogP contribution in [0.1, 0.15) is 0 Å². The minimum absolute atomic E-state index is 0.176. The van der Waals surface area contributed by atoms with Crippen LogP contribution < -0.4 is 0 Å². The van der Waals surface area contributed by atoms with Gasteiger partial charge in [-0.05, 0) is 12.2 Å². The fourth-order valence-corrected chi connectivity index (χ4v) is 0.419. The zero-order chi connectivity index (χ0) is 5.28. The number of nitrogens with one attached hydrogen (secondary N) is 1. The minimum atomic E-state index is -0.176. The number of aromatic nitrogens is 1. The molecule has 1 rings (SSSR count). The molecule has 0 aliphatic rings. The molecule has 0 radical (unpaired) electrons. The van der Waals surface area contributed by atoms with Gasteiger partial charge >= 0.3 is 5.95 Å². The third-order valence-electron chi connectivity index (χ3n) is 0.511. The first-order chi connectivity index (χ1) is 3.29. The molecule has 38 valence electrons. The van der Waals surface area contributed by atoms with E-state index in [2.05, 4.69) is 21.6 Å². The molecule has 1 heterocycles. The number of H-pyrrole nitrogens is 1. The zero-order valence-corrected chi connectivity index (χ0v) is 4.16. The molecule has 2 N–H and O–H groups in total. The molecule has 4 heteroatoms. The zero-order valence-electron chi connectivity index (χ0n) is 3.34. The van der Waals surface area contributed by atoms with Crippen molar-refractivity contribution < 1.29 is 9.52 Å². The number of rotatable bonds is 0. The van der Waals surface area contributed by atoms with Crippen LogP contribution in [-0.2, 0) is 0 Å². The van der Waals surface area contributed by atoms with Gasteiger partial charge in [0.2, 0.25) is 0 Å². The van der Waals surface area contributed by atoms with Gasteiger partial charge in [-0.1, -0.05) is 0 Å². The summed E-state index contributed by atoms with van der Waals surface area (Å²) in [6.07, 6.45) is 1.28. The summed E-state index contributed by atoms with van der Waals surface area (Å²) < 4.78 is 4.40. The Labute approximate surface area is 44.6 Å². The van der Waals surface area contributed by atoms with Crippen LogP contribution in [0.25, 0.3) is 0 Å². The Morgan fingerprint density at radius 1 is 1.86 bits per heavy atom. The number of hydrogen-bond donors (Lipinski definition) is 2. The van der Waals surface area contributed by atoms with Gasteiger partial charge in [0.25, 0.3) is 4.84 Å². The van der Waals surface area contributed by atoms with Crippen molar-refractivity contribution in [3.63, 3.8) is 0 Å². The Morgan fingerprint density at radius 3 is 2.71 bits per heavy atom. The summed E-state index contributed by atoms with van der Waals surface area (Å²) in [5.74, 6) is -0.176. The highest BCUT2D eigenvalue weighted by Crippen LogP contribution is 2.03. The normalized spacial score (nSPS) is 9.14. The number of aromatic amines is 1. The van der Waals surface area contributed by atoms with E-state index in [0.29, 0.717) is 0 Å². The summed E-state index contributed by atoms with van der Waals surface area (Å²) in [6.45, 7) is 0. The lowest BCUT2D eigenvalue weighted by molar-refractivity contribution is 0.327. The van der Waals surface area contributed by atoms with Crippen molar-refractivity contribution in [2.24, 2.45) is 0 Å². The molecule has 0 fully saturated rings. The van der Waals surface area contributed by atoms with Gasteiger partial charge in [0, 0.05) is 0 Å². The molecule has 1 aromatic heterocycles. The highest BCUT2D eigenvalue weighted by molar-refractivity contribution is 7.71. The summed E-state index contributed by atoms with van der Waals surface area (Å²) in [7, 11) is 0. The molecule has 0 aromatic carbocycles. The lowest BCUT2D eigenvalue weighted by atomic mass is 10.9. The van der Waals surface area contributed by atoms with Crippen molar-refractivity contribution >= 4 is 12.2 Å². The monoisotopic (exact) mass is 117 g/mol. The Hall–Kier alpha value is -0.770. The third-order valence-corrected chi connectivity index (χ3v) is 0.712. The van der Waals surface area contributed by atoms with Gasteiger partial charge in [-0.25, -0.2) is 0 Å². The van der Waals surface area contributed by atoms with Crippen molar-refractivity contribution in [3.8, 4) is 5.95 Å². The quantitative estimate of drug-likeness (QED) is 0.499. The summed E-state index contributed by atoms with van der Waals surface area (Å²) >= 11 is 4.45. The molecule has 7 heavy (non-hydrogen) atoms. The lowest BCUT2D eigenvalue weighted by Crippen LogP contribution is -1.47. The van der Waals surface area contributed by atoms with Gasteiger partial charge in [-0.15, -0.1) is 0 Å². The Balaban J connectivity index is 3.30. The van der Waals surface area contributed by atoms with E-state index in [1.807, 2.05) is 0 Å². The summed E-state index contributed by atoms with van der Waals surface area (Å²) in [5.41, 5.74) is 0. The third kappa shape index (κ3) is 0.806. The molecule has 0 unspecified atom stereocenters. The Kier molecular flexibility index (Phi) is 0.867. The molecule has 0 spiro atoms. The Bertz CT molecular complexity index is 201. The van der Waals surface area contributed by atoms with E-state index in [9.17, 15) is 0 Å². The number of hydrogen-bond acceptors (Lipinski definition) is 3. The van der Waals surface area contributed by atoms with Crippen LogP contribution in [0.4, 0.5) is 0 Å². The largest absolute Gasteiger partial charge is 0.480 e. The van der Waals surface area contributed by atoms with Crippen LogP contribution in [0.5, 0.6) is 5.95 Å². The fraction of sp³-hybridized carbons (Fsp3) is 0. The molecule has 0 atom stereocenters. The maximum atomic E-state index is 8.39. The molecule has 1 aromatic rings.